The highest BCUT2D eigenvalue weighted by Gasteiger charge is 2.18. The molecule has 3 nitrogen and oxygen atoms in total. The molecule has 3 aromatic carbocycles. The number of halogens is 3. The van der Waals surface area contributed by atoms with E-state index in [9.17, 15) is 9.90 Å². The fourth-order valence-electron chi connectivity index (χ4n) is 2.96. The Hall–Kier alpha value is -2.07. The zero-order chi connectivity index (χ0) is 17.0. The number of carboxylic acid groups (broad SMARTS) is 1. The van der Waals surface area contributed by atoms with Gasteiger partial charge >= 0.3 is 5.97 Å². The molecule has 0 aliphatic heterocycles. The monoisotopic (exact) mass is 375 g/mol. The minimum absolute atomic E-state index is 0.135. The van der Waals surface area contributed by atoms with Crippen LogP contribution in [0.5, 0.6) is 0 Å². The van der Waals surface area contributed by atoms with E-state index in [0.29, 0.717) is 36.9 Å². The average molecular weight is 377 g/mol. The van der Waals surface area contributed by atoms with Gasteiger partial charge in [-0.25, -0.2) is 9.78 Å². The molecule has 0 saturated carbocycles. The Bertz CT molecular complexity index is 1170. The van der Waals surface area contributed by atoms with Crippen LogP contribution < -0.4 is 0 Å². The van der Waals surface area contributed by atoms with Gasteiger partial charge in [0.05, 0.1) is 21.6 Å². The first-order valence-electron chi connectivity index (χ1n) is 7.00. The topological polar surface area (TPSA) is 50.2 Å². The van der Waals surface area contributed by atoms with Crippen LogP contribution in [0.2, 0.25) is 15.1 Å². The molecule has 0 bridgehead atoms. The van der Waals surface area contributed by atoms with Crippen molar-refractivity contribution in [3.05, 3.63) is 63.1 Å². The second kappa shape index (κ2) is 5.49. The van der Waals surface area contributed by atoms with E-state index < -0.39 is 5.97 Å². The molecule has 4 aromatic rings. The molecule has 24 heavy (non-hydrogen) atoms. The summed E-state index contributed by atoms with van der Waals surface area (Å²) in [6.45, 7) is 0. The summed E-state index contributed by atoms with van der Waals surface area (Å²) in [5.74, 6) is -1.06. The molecule has 0 radical (unpaired) electrons. The van der Waals surface area contributed by atoms with Crippen LogP contribution >= 0.6 is 34.8 Å². The largest absolute Gasteiger partial charge is 0.478 e. The Morgan fingerprint density at radius 3 is 2.33 bits per heavy atom. The molecule has 4 rings (SSSR count). The van der Waals surface area contributed by atoms with Crippen molar-refractivity contribution in [2.45, 2.75) is 0 Å². The lowest BCUT2D eigenvalue weighted by Crippen LogP contribution is -2.01. The van der Waals surface area contributed by atoms with Gasteiger partial charge in [0.2, 0.25) is 0 Å². The lowest BCUT2D eigenvalue weighted by molar-refractivity contribution is 0.0701. The van der Waals surface area contributed by atoms with Crippen LogP contribution in [-0.2, 0) is 0 Å². The van der Waals surface area contributed by atoms with E-state index in [1.54, 1.807) is 24.3 Å². The Morgan fingerprint density at radius 2 is 1.58 bits per heavy atom. The van der Waals surface area contributed by atoms with Crippen molar-refractivity contribution in [2.75, 3.05) is 0 Å². The molecule has 0 aliphatic rings. The third-order valence-electron chi connectivity index (χ3n) is 3.96. The molecule has 0 aliphatic carbocycles. The molecule has 1 heterocycles. The number of benzene rings is 3. The summed E-state index contributed by atoms with van der Waals surface area (Å²) >= 11 is 18.3. The van der Waals surface area contributed by atoms with Gasteiger partial charge in [0.15, 0.2) is 0 Å². The summed E-state index contributed by atoms with van der Waals surface area (Å²) in [6, 6.07) is 12.1. The van der Waals surface area contributed by atoms with Gasteiger partial charge in [0.1, 0.15) is 0 Å². The van der Waals surface area contributed by atoms with Crippen molar-refractivity contribution in [2.24, 2.45) is 0 Å². The number of fused-ring (bicyclic) bond motifs is 4. The van der Waals surface area contributed by atoms with Crippen molar-refractivity contribution in [1.82, 2.24) is 4.98 Å². The van der Waals surface area contributed by atoms with Gasteiger partial charge in [-0.3, -0.25) is 0 Å². The van der Waals surface area contributed by atoms with Gasteiger partial charge in [0.25, 0.3) is 0 Å². The van der Waals surface area contributed by atoms with Gasteiger partial charge in [-0.15, -0.1) is 0 Å². The summed E-state index contributed by atoms with van der Waals surface area (Å²) in [4.78, 5) is 16.5. The molecule has 0 amide bonds. The summed E-state index contributed by atoms with van der Waals surface area (Å²) in [7, 11) is 0. The van der Waals surface area contributed by atoms with Gasteiger partial charge in [0, 0.05) is 26.2 Å². The van der Waals surface area contributed by atoms with Crippen LogP contribution in [0.15, 0.2) is 42.5 Å². The van der Waals surface area contributed by atoms with Crippen LogP contribution in [0.3, 0.4) is 0 Å². The second-order valence-electron chi connectivity index (χ2n) is 5.40. The van der Waals surface area contributed by atoms with Crippen LogP contribution in [-0.4, -0.2) is 16.1 Å². The number of hydrogen-bond donors (Lipinski definition) is 1. The highest BCUT2D eigenvalue weighted by atomic mass is 35.5. The Labute approximate surface area is 151 Å². The first-order chi connectivity index (χ1) is 11.5. The third-order valence-corrected chi connectivity index (χ3v) is 4.70. The average Bonchev–Trinajstić information content (AvgIpc) is 2.52. The van der Waals surface area contributed by atoms with Crippen LogP contribution in [0, 0.1) is 0 Å². The standard InChI is InChI=1S/C18H8Cl3NO2/c19-9-2-4-11-8(5-9)1-3-12-15(18(23)24)13-6-10(20)7-14(21)17(13)22-16(11)12/h1-7H,(H,23,24). The van der Waals surface area contributed by atoms with E-state index in [-0.39, 0.29) is 5.56 Å². The number of carboxylic acids is 1. The first kappa shape index (κ1) is 15.5. The van der Waals surface area contributed by atoms with Gasteiger partial charge in [-0.1, -0.05) is 53.0 Å². The van der Waals surface area contributed by atoms with E-state index in [2.05, 4.69) is 4.98 Å². The highest BCUT2D eigenvalue weighted by Crippen LogP contribution is 2.36. The number of aromatic carboxylic acids is 1. The molecule has 0 spiro atoms. The molecular formula is C18H8Cl3NO2. The summed E-state index contributed by atoms with van der Waals surface area (Å²) in [6.07, 6.45) is 0. The predicted molar refractivity (Wildman–Crippen MR) is 98.7 cm³/mol. The number of hydrogen-bond acceptors (Lipinski definition) is 2. The van der Waals surface area contributed by atoms with Crippen LogP contribution in [0.4, 0.5) is 0 Å². The third kappa shape index (κ3) is 2.28. The molecule has 0 atom stereocenters. The van der Waals surface area contributed by atoms with E-state index in [1.165, 1.54) is 0 Å². The van der Waals surface area contributed by atoms with E-state index >= 15 is 0 Å². The molecule has 6 heteroatoms. The van der Waals surface area contributed by atoms with Crippen LogP contribution in [0.1, 0.15) is 10.4 Å². The first-order valence-corrected chi connectivity index (χ1v) is 8.13. The van der Waals surface area contributed by atoms with Crippen molar-refractivity contribution in [3.8, 4) is 0 Å². The van der Waals surface area contributed by atoms with E-state index in [1.807, 2.05) is 18.2 Å². The fraction of sp³-hybridized carbons (Fsp3) is 0. The number of rotatable bonds is 1. The smallest absolute Gasteiger partial charge is 0.337 e. The molecule has 0 unspecified atom stereocenters. The lowest BCUT2D eigenvalue weighted by Gasteiger charge is -2.11. The maximum Gasteiger partial charge on any atom is 0.337 e. The summed E-state index contributed by atoms with van der Waals surface area (Å²) in [5.41, 5.74) is 1.11. The minimum atomic E-state index is -1.06. The maximum atomic E-state index is 11.9. The van der Waals surface area contributed by atoms with Crippen molar-refractivity contribution in [1.29, 1.82) is 0 Å². The van der Waals surface area contributed by atoms with E-state index in [4.69, 9.17) is 34.8 Å². The Balaban J connectivity index is 2.31. The predicted octanol–water partition coefficient (Wildman–Crippen LogP) is 6.20. The van der Waals surface area contributed by atoms with Crippen molar-refractivity contribution in [3.63, 3.8) is 0 Å². The lowest BCUT2D eigenvalue weighted by atomic mass is 9.99. The molecule has 0 fully saturated rings. The molecule has 0 saturated heterocycles. The zero-order valence-electron chi connectivity index (χ0n) is 12.0. The maximum absolute atomic E-state index is 11.9. The highest BCUT2D eigenvalue weighted by molar-refractivity contribution is 6.39. The van der Waals surface area contributed by atoms with Gasteiger partial charge in [-0.05, 0) is 29.7 Å². The number of aromatic nitrogens is 1. The Morgan fingerprint density at radius 1 is 0.833 bits per heavy atom. The van der Waals surface area contributed by atoms with E-state index in [0.717, 1.165) is 10.8 Å². The molecule has 118 valence electrons. The zero-order valence-corrected chi connectivity index (χ0v) is 14.2. The fourth-order valence-corrected chi connectivity index (χ4v) is 3.68. The van der Waals surface area contributed by atoms with Gasteiger partial charge in [-0.2, -0.15) is 0 Å². The number of nitrogens with zero attached hydrogens (tertiary/aromatic N) is 1. The van der Waals surface area contributed by atoms with Gasteiger partial charge < -0.3 is 5.11 Å². The SMILES string of the molecule is O=C(O)c1c2cc(Cl)cc(Cl)c2nc2c1ccc1cc(Cl)ccc12. The summed E-state index contributed by atoms with van der Waals surface area (Å²) in [5, 5.41) is 13.7. The normalized spacial score (nSPS) is 11.5. The number of carbonyl (C=O) groups is 1. The quantitative estimate of drug-likeness (QED) is 0.318. The number of pyridine rings is 1. The molecule has 1 aromatic heterocycles. The molecule has 1 N–H and O–H groups in total. The van der Waals surface area contributed by atoms with Crippen molar-refractivity contribution >= 4 is 73.4 Å². The van der Waals surface area contributed by atoms with Crippen LogP contribution in [0.25, 0.3) is 32.6 Å². The Kier molecular flexibility index (Phi) is 3.53. The summed E-state index contributed by atoms with van der Waals surface area (Å²) < 4.78 is 0. The minimum Gasteiger partial charge on any atom is -0.478 e. The molecular weight excluding hydrogens is 369 g/mol. The van der Waals surface area contributed by atoms with Crippen molar-refractivity contribution < 1.29 is 9.90 Å². The second-order valence-corrected chi connectivity index (χ2v) is 6.68.